The van der Waals surface area contributed by atoms with Crippen molar-refractivity contribution in [1.29, 1.82) is 0 Å². The third kappa shape index (κ3) is 3.36. The van der Waals surface area contributed by atoms with Gasteiger partial charge in [-0.2, -0.15) is 0 Å². The molecule has 106 valence electrons. The molecular weight excluding hydrogens is 256 g/mol. The number of ether oxygens (including phenoxy) is 2. The van der Waals surface area contributed by atoms with Crippen molar-refractivity contribution in [3.8, 4) is 17.4 Å². The highest BCUT2D eigenvalue weighted by atomic mass is 16.5. The van der Waals surface area contributed by atoms with Gasteiger partial charge >= 0.3 is 0 Å². The lowest BCUT2D eigenvalue weighted by molar-refractivity contribution is 0.317. The molecule has 0 saturated carbocycles. The van der Waals surface area contributed by atoms with Crippen LogP contribution in [0.15, 0.2) is 30.6 Å². The Morgan fingerprint density at radius 3 is 2.50 bits per heavy atom. The maximum absolute atomic E-state index is 5.71. The number of hydrogen-bond acceptors (Lipinski definition) is 6. The highest BCUT2D eigenvalue weighted by molar-refractivity contribution is 5.47. The fraction of sp³-hybridized carbons (Fsp3) is 0.286. The van der Waals surface area contributed by atoms with Gasteiger partial charge in [0.25, 0.3) is 0 Å². The fourth-order valence-electron chi connectivity index (χ4n) is 1.62. The fourth-order valence-corrected chi connectivity index (χ4v) is 1.62. The predicted octanol–water partition coefficient (Wildman–Crippen LogP) is 2.65. The molecule has 2 rings (SSSR count). The van der Waals surface area contributed by atoms with Crippen molar-refractivity contribution in [3.63, 3.8) is 0 Å². The molecule has 0 unspecified atom stereocenters. The zero-order valence-corrected chi connectivity index (χ0v) is 11.6. The van der Waals surface area contributed by atoms with Gasteiger partial charge < -0.3 is 14.9 Å². The summed E-state index contributed by atoms with van der Waals surface area (Å²) in [4.78, 5) is 8.09. The minimum Gasteiger partial charge on any atom is -0.494 e. The monoisotopic (exact) mass is 274 g/mol. The van der Waals surface area contributed by atoms with Gasteiger partial charge in [0, 0.05) is 0 Å². The Hall–Kier alpha value is -2.34. The van der Waals surface area contributed by atoms with E-state index in [1.54, 1.807) is 0 Å². The van der Waals surface area contributed by atoms with Crippen molar-refractivity contribution in [1.82, 2.24) is 9.97 Å². The van der Waals surface area contributed by atoms with Crippen LogP contribution in [0.2, 0.25) is 0 Å². The van der Waals surface area contributed by atoms with E-state index in [1.807, 2.05) is 31.2 Å². The molecule has 1 aromatic heterocycles. The topological polar surface area (TPSA) is 82.3 Å². The van der Waals surface area contributed by atoms with E-state index in [0.717, 1.165) is 17.7 Å². The van der Waals surface area contributed by atoms with Gasteiger partial charge in [0.2, 0.25) is 5.88 Å². The largest absolute Gasteiger partial charge is 0.494 e. The normalized spacial score (nSPS) is 10.2. The van der Waals surface area contributed by atoms with Crippen LogP contribution in [0.3, 0.4) is 0 Å². The van der Waals surface area contributed by atoms with Crippen molar-refractivity contribution in [2.24, 2.45) is 5.84 Å². The summed E-state index contributed by atoms with van der Waals surface area (Å²) < 4.78 is 11.2. The summed E-state index contributed by atoms with van der Waals surface area (Å²) in [5.74, 6) is 7.88. The predicted molar refractivity (Wildman–Crippen MR) is 76.9 cm³/mol. The molecule has 20 heavy (non-hydrogen) atoms. The lowest BCUT2D eigenvalue weighted by atomic mass is 10.3. The van der Waals surface area contributed by atoms with Crippen molar-refractivity contribution in [2.45, 2.75) is 20.3 Å². The Balaban J connectivity index is 2.10. The second-order valence-electron chi connectivity index (χ2n) is 4.22. The third-order valence-corrected chi connectivity index (χ3v) is 2.69. The quantitative estimate of drug-likeness (QED) is 0.622. The van der Waals surface area contributed by atoms with Gasteiger partial charge in [-0.05, 0) is 37.6 Å². The van der Waals surface area contributed by atoms with Crippen LogP contribution in [0.5, 0.6) is 17.4 Å². The van der Waals surface area contributed by atoms with Crippen molar-refractivity contribution >= 4 is 5.82 Å². The first-order valence-corrected chi connectivity index (χ1v) is 6.43. The number of nitrogen functional groups attached to an aromatic ring is 1. The van der Waals surface area contributed by atoms with Crippen LogP contribution in [-0.2, 0) is 0 Å². The average molecular weight is 274 g/mol. The number of hydrogen-bond donors (Lipinski definition) is 2. The maximum Gasteiger partial charge on any atom is 0.227 e. The molecule has 0 aliphatic rings. The molecule has 2 aromatic rings. The summed E-state index contributed by atoms with van der Waals surface area (Å²) in [7, 11) is 0. The SMILES string of the molecule is CCCOc1ccc(Oc2ncnc(NN)c2C)cc1. The Morgan fingerprint density at radius 2 is 1.85 bits per heavy atom. The van der Waals surface area contributed by atoms with E-state index in [0.29, 0.717) is 24.1 Å². The molecule has 0 fully saturated rings. The minimum atomic E-state index is 0.468. The van der Waals surface area contributed by atoms with Gasteiger partial charge in [0.05, 0.1) is 12.2 Å². The average Bonchev–Trinajstić information content (AvgIpc) is 2.48. The van der Waals surface area contributed by atoms with Crippen molar-refractivity contribution in [3.05, 3.63) is 36.2 Å². The van der Waals surface area contributed by atoms with E-state index in [1.165, 1.54) is 6.33 Å². The molecule has 6 nitrogen and oxygen atoms in total. The highest BCUT2D eigenvalue weighted by Gasteiger charge is 2.08. The second-order valence-corrected chi connectivity index (χ2v) is 4.22. The molecular formula is C14H18N4O2. The van der Waals surface area contributed by atoms with E-state index in [-0.39, 0.29) is 0 Å². The maximum atomic E-state index is 5.71. The molecule has 6 heteroatoms. The Labute approximate surface area is 117 Å². The Morgan fingerprint density at radius 1 is 1.15 bits per heavy atom. The smallest absolute Gasteiger partial charge is 0.227 e. The molecule has 0 spiro atoms. The highest BCUT2D eigenvalue weighted by Crippen LogP contribution is 2.26. The van der Waals surface area contributed by atoms with Gasteiger partial charge in [0.15, 0.2) is 0 Å². The van der Waals surface area contributed by atoms with Crippen LogP contribution in [0, 0.1) is 6.92 Å². The summed E-state index contributed by atoms with van der Waals surface area (Å²) in [5, 5.41) is 0. The standard InChI is InChI=1S/C14H18N4O2/c1-3-8-19-11-4-6-12(7-5-11)20-14-10(2)13(18-15)16-9-17-14/h4-7,9H,3,8,15H2,1-2H3,(H,16,17,18). The number of aromatic nitrogens is 2. The van der Waals surface area contributed by atoms with Crippen molar-refractivity contribution < 1.29 is 9.47 Å². The zero-order valence-electron chi connectivity index (χ0n) is 11.6. The summed E-state index contributed by atoms with van der Waals surface area (Å²) in [6, 6.07) is 7.40. The summed E-state index contributed by atoms with van der Waals surface area (Å²) in [6.45, 7) is 4.61. The van der Waals surface area contributed by atoms with E-state index < -0.39 is 0 Å². The first kappa shape index (κ1) is 14.1. The lowest BCUT2D eigenvalue weighted by Gasteiger charge is -2.10. The Bertz CT molecular complexity index is 558. The Kier molecular flexibility index (Phi) is 4.73. The van der Waals surface area contributed by atoms with E-state index in [9.17, 15) is 0 Å². The number of rotatable bonds is 6. The first-order valence-electron chi connectivity index (χ1n) is 6.43. The van der Waals surface area contributed by atoms with Crippen molar-refractivity contribution in [2.75, 3.05) is 12.0 Å². The van der Waals surface area contributed by atoms with Gasteiger partial charge in [0.1, 0.15) is 23.6 Å². The van der Waals surface area contributed by atoms with Gasteiger partial charge in [-0.25, -0.2) is 15.8 Å². The summed E-state index contributed by atoms with van der Waals surface area (Å²) in [6.07, 6.45) is 2.38. The second kappa shape index (κ2) is 6.72. The number of anilines is 1. The number of benzene rings is 1. The van der Waals surface area contributed by atoms with E-state index in [4.69, 9.17) is 15.3 Å². The van der Waals surface area contributed by atoms with Gasteiger partial charge in [-0.15, -0.1) is 0 Å². The summed E-state index contributed by atoms with van der Waals surface area (Å²) in [5.41, 5.74) is 3.25. The zero-order chi connectivity index (χ0) is 14.4. The molecule has 0 aliphatic heterocycles. The van der Waals surface area contributed by atoms with Gasteiger partial charge in [-0.3, -0.25) is 0 Å². The summed E-state index contributed by atoms with van der Waals surface area (Å²) >= 11 is 0. The molecule has 0 radical (unpaired) electrons. The van der Waals surface area contributed by atoms with Crippen LogP contribution < -0.4 is 20.7 Å². The molecule has 0 atom stereocenters. The van der Waals surface area contributed by atoms with E-state index >= 15 is 0 Å². The van der Waals surface area contributed by atoms with Crippen LogP contribution in [-0.4, -0.2) is 16.6 Å². The lowest BCUT2D eigenvalue weighted by Crippen LogP contribution is -2.11. The molecule has 0 aliphatic carbocycles. The minimum absolute atomic E-state index is 0.468. The molecule has 1 aromatic carbocycles. The molecule has 0 amide bonds. The molecule has 3 N–H and O–H groups in total. The number of nitrogens with two attached hydrogens (primary N) is 1. The van der Waals surface area contributed by atoms with Crippen LogP contribution >= 0.6 is 0 Å². The molecule has 0 saturated heterocycles. The van der Waals surface area contributed by atoms with Crippen LogP contribution in [0.4, 0.5) is 5.82 Å². The number of nitrogens with one attached hydrogen (secondary N) is 1. The van der Waals surface area contributed by atoms with Crippen LogP contribution in [0.25, 0.3) is 0 Å². The molecule has 1 heterocycles. The molecule has 0 bridgehead atoms. The van der Waals surface area contributed by atoms with Crippen LogP contribution in [0.1, 0.15) is 18.9 Å². The van der Waals surface area contributed by atoms with E-state index in [2.05, 4.69) is 22.3 Å². The third-order valence-electron chi connectivity index (χ3n) is 2.69. The van der Waals surface area contributed by atoms with Gasteiger partial charge in [-0.1, -0.05) is 6.92 Å². The number of hydrazine groups is 1. The number of nitrogens with zero attached hydrogens (tertiary/aromatic N) is 2. The first-order chi connectivity index (χ1) is 9.74.